The maximum absolute atomic E-state index is 13.9. The number of hydrogen-bond acceptors (Lipinski definition) is 4. The normalized spacial score (nSPS) is 15.7. The minimum Gasteiger partial charge on any atom is -0.495 e. The Morgan fingerprint density at radius 1 is 1.18 bits per heavy atom. The van der Waals surface area contributed by atoms with E-state index in [-0.39, 0.29) is 17.5 Å². The van der Waals surface area contributed by atoms with E-state index in [2.05, 4.69) is 10.2 Å². The number of pyridine rings is 1. The first-order valence-corrected chi connectivity index (χ1v) is 10.3. The van der Waals surface area contributed by atoms with Crippen LogP contribution in [0.25, 0.3) is 16.8 Å². The van der Waals surface area contributed by atoms with Crippen molar-refractivity contribution in [3.8, 4) is 17.0 Å². The van der Waals surface area contributed by atoms with Crippen molar-refractivity contribution in [2.24, 2.45) is 7.05 Å². The van der Waals surface area contributed by atoms with Gasteiger partial charge in [-0.05, 0) is 37.6 Å². The molecule has 0 saturated heterocycles. The number of fused-ring (bicyclic) bond motifs is 2. The van der Waals surface area contributed by atoms with Crippen molar-refractivity contribution in [2.75, 3.05) is 13.7 Å². The SMILES string of the molecule is COc1ccc2c(C(=O)N3CCc4c(nn(C)c4-c4cc(F)c(F)c(F)c4)[C@@H]3C)cnn2c1. The fourth-order valence-corrected chi connectivity index (χ4v) is 4.48. The molecule has 0 unspecified atom stereocenters. The summed E-state index contributed by atoms with van der Waals surface area (Å²) in [5.41, 5.74) is 3.22. The van der Waals surface area contributed by atoms with Crippen LogP contribution < -0.4 is 4.74 Å². The van der Waals surface area contributed by atoms with E-state index in [1.54, 1.807) is 41.9 Å². The molecule has 1 aliphatic heterocycles. The summed E-state index contributed by atoms with van der Waals surface area (Å²) in [4.78, 5) is 15.1. The third-order valence-corrected chi connectivity index (χ3v) is 6.12. The van der Waals surface area contributed by atoms with E-state index >= 15 is 0 Å². The first kappa shape index (κ1) is 21.0. The summed E-state index contributed by atoms with van der Waals surface area (Å²) >= 11 is 0. The topological polar surface area (TPSA) is 64.7 Å². The third kappa shape index (κ3) is 3.24. The molecule has 0 aliphatic carbocycles. The van der Waals surface area contributed by atoms with Crippen LogP contribution in [0, 0.1) is 17.5 Å². The molecule has 0 fully saturated rings. The highest BCUT2D eigenvalue weighted by molar-refractivity contribution is 6.01. The zero-order chi connectivity index (χ0) is 23.4. The van der Waals surface area contributed by atoms with Gasteiger partial charge in [0, 0.05) is 24.7 Å². The number of carbonyl (C=O) groups excluding carboxylic acids is 1. The number of aryl methyl sites for hydroxylation is 1. The Morgan fingerprint density at radius 2 is 1.91 bits per heavy atom. The smallest absolute Gasteiger partial charge is 0.258 e. The van der Waals surface area contributed by atoms with Crippen LogP contribution in [0.3, 0.4) is 0 Å². The molecule has 3 aromatic heterocycles. The molecule has 1 atom stereocenters. The number of benzene rings is 1. The lowest BCUT2D eigenvalue weighted by Gasteiger charge is -2.32. The molecule has 1 amide bonds. The van der Waals surface area contributed by atoms with E-state index in [4.69, 9.17) is 4.74 Å². The lowest BCUT2D eigenvalue weighted by Crippen LogP contribution is -2.38. The Kier molecular flexibility index (Phi) is 4.88. The molecule has 4 aromatic rings. The molecule has 170 valence electrons. The second kappa shape index (κ2) is 7.65. The van der Waals surface area contributed by atoms with Gasteiger partial charge in [-0.2, -0.15) is 10.2 Å². The number of methoxy groups -OCH3 is 1. The standard InChI is InChI=1S/C23H20F3N5O2/c1-12-21-15(22(29(2)28-21)13-8-17(24)20(26)18(25)9-13)6-7-30(12)23(32)16-10-27-31-11-14(33-3)4-5-19(16)31/h4-5,8-12H,6-7H2,1-3H3/t12-/m0/s1. The quantitative estimate of drug-likeness (QED) is 0.440. The summed E-state index contributed by atoms with van der Waals surface area (Å²) < 4.78 is 49.5. The number of carbonyl (C=O) groups is 1. The van der Waals surface area contributed by atoms with Crippen molar-refractivity contribution >= 4 is 11.4 Å². The molecule has 1 aliphatic rings. The minimum atomic E-state index is -1.51. The zero-order valence-corrected chi connectivity index (χ0v) is 18.1. The molecular weight excluding hydrogens is 435 g/mol. The molecule has 7 nitrogen and oxygen atoms in total. The van der Waals surface area contributed by atoms with Crippen molar-refractivity contribution in [1.29, 1.82) is 0 Å². The van der Waals surface area contributed by atoms with E-state index in [1.165, 1.54) is 10.9 Å². The molecular formula is C23H20F3N5O2. The van der Waals surface area contributed by atoms with Gasteiger partial charge in [0.1, 0.15) is 5.75 Å². The second-order valence-electron chi connectivity index (χ2n) is 7.97. The van der Waals surface area contributed by atoms with Crippen LogP contribution in [-0.2, 0) is 13.5 Å². The number of aromatic nitrogens is 4. The van der Waals surface area contributed by atoms with Gasteiger partial charge in [-0.1, -0.05) is 0 Å². The number of amides is 1. The number of nitrogens with zero attached hydrogens (tertiary/aromatic N) is 5. The van der Waals surface area contributed by atoms with Gasteiger partial charge in [0.25, 0.3) is 5.91 Å². The van der Waals surface area contributed by atoms with Crippen LogP contribution in [-0.4, -0.2) is 43.9 Å². The molecule has 0 saturated carbocycles. The first-order chi connectivity index (χ1) is 15.8. The highest BCUT2D eigenvalue weighted by Gasteiger charge is 2.34. The van der Waals surface area contributed by atoms with E-state index in [9.17, 15) is 18.0 Å². The average Bonchev–Trinajstić information content (AvgIpc) is 3.37. The number of ether oxygens (including phenoxy) is 1. The molecule has 0 radical (unpaired) electrons. The predicted molar refractivity (Wildman–Crippen MR) is 113 cm³/mol. The Morgan fingerprint density at radius 3 is 2.61 bits per heavy atom. The van der Waals surface area contributed by atoms with E-state index in [0.29, 0.717) is 41.2 Å². The average molecular weight is 455 g/mol. The van der Waals surface area contributed by atoms with Gasteiger partial charge in [0.15, 0.2) is 17.5 Å². The fraction of sp³-hybridized carbons (Fsp3) is 0.261. The van der Waals surface area contributed by atoms with Crippen LogP contribution in [0.5, 0.6) is 5.75 Å². The number of hydrogen-bond donors (Lipinski definition) is 0. The summed E-state index contributed by atoms with van der Waals surface area (Å²) in [5, 5.41) is 8.80. The lowest BCUT2D eigenvalue weighted by molar-refractivity contribution is 0.0675. The van der Waals surface area contributed by atoms with Gasteiger partial charge in [0.2, 0.25) is 0 Å². The highest BCUT2D eigenvalue weighted by atomic mass is 19.2. The minimum absolute atomic E-state index is 0.195. The van der Waals surface area contributed by atoms with Crippen LogP contribution in [0.2, 0.25) is 0 Å². The number of halogens is 3. The van der Waals surface area contributed by atoms with Crippen molar-refractivity contribution in [1.82, 2.24) is 24.3 Å². The van der Waals surface area contributed by atoms with Crippen LogP contribution in [0.15, 0.2) is 36.7 Å². The van der Waals surface area contributed by atoms with Crippen LogP contribution in [0.4, 0.5) is 13.2 Å². The third-order valence-electron chi connectivity index (χ3n) is 6.12. The Hall–Kier alpha value is -3.82. The van der Waals surface area contributed by atoms with Crippen molar-refractivity contribution in [3.05, 3.63) is 70.9 Å². The zero-order valence-electron chi connectivity index (χ0n) is 18.1. The highest BCUT2D eigenvalue weighted by Crippen LogP contribution is 2.37. The van der Waals surface area contributed by atoms with E-state index in [0.717, 1.165) is 17.7 Å². The summed E-state index contributed by atoms with van der Waals surface area (Å²) in [6.07, 6.45) is 3.64. The first-order valence-electron chi connectivity index (χ1n) is 10.3. The monoisotopic (exact) mass is 455 g/mol. The van der Waals surface area contributed by atoms with E-state index in [1.807, 2.05) is 6.92 Å². The lowest BCUT2D eigenvalue weighted by atomic mass is 9.95. The summed E-state index contributed by atoms with van der Waals surface area (Å²) in [6.45, 7) is 2.23. The van der Waals surface area contributed by atoms with Gasteiger partial charge >= 0.3 is 0 Å². The Labute approximate surface area is 187 Å². The molecule has 33 heavy (non-hydrogen) atoms. The maximum Gasteiger partial charge on any atom is 0.258 e. The second-order valence-corrected chi connectivity index (χ2v) is 7.97. The molecule has 0 N–H and O–H groups in total. The molecule has 0 spiro atoms. The molecule has 1 aromatic carbocycles. The largest absolute Gasteiger partial charge is 0.495 e. The summed E-state index contributed by atoms with van der Waals surface area (Å²) in [5.74, 6) is -3.60. The van der Waals surface area contributed by atoms with Gasteiger partial charge in [-0.15, -0.1) is 0 Å². The van der Waals surface area contributed by atoms with Gasteiger partial charge in [-0.3, -0.25) is 9.48 Å². The Balaban J connectivity index is 1.51. The van der Waals surface area contributed by atoms with E-state index < -0.39 is 17.5 Å². The summed E-state index contributed by atoms with van der Waals surface area (Å²) in [7, 11) is 3.21. The summed E-state index contributed by atoms with van der Waals surface area (Å²) in [6, 6.07) is 5.08. The fourth-order valence-electron chi connectivity index (χ4n) is 4.48. The number of rotatable bonds is 3. The van der Waals surface area contributed by atoms with Crippen molar-refractivity contribution < 1.29 is 22.7 Å². The predicted octanol–water partition coefficient (Wildman–Crippen LogP) is 3.92. The van der Waals surface area contributed by atoms with Gasteiger partial charge in [0.05, 0.1) is 48.0 Å². The van der Waals surface area contributed by atoms with Crippen LogP contribution in [0.1, 0.15) is 34.6 Å². The molecule has 10 heteroatoms. The Bertz CT molecular complexity index is 1390. The molecule has 0 bridgehead atoms. The maximum atomic E-state index is 13.9. The molecule has 5 rings (SSSR count). The molecule has 4 heterocycles. The van der Waals surface area contributed by atoms with Crippen molar-refractivity contribution in [2.45, 2.75) is 19.4 Å². The van der Waals surface area contributed by atoms with Crippen molar-refractivity contribution in [3.63, 3.8) is 0 Å². The van der Waals surface area contributed by atoms with Gasteiger partial charge < -0.3 is 9.64 Å². The van der Waals surface area contributed by atoms with Gasteiger partial charge in [-0.25, -0.2) is 17.7 Å². The van der Waals surface area contributed by atoms with Crippen LogP contribution >= 0.6 is 0 Å².